The van der Waals surface area contributed by atoms with E-state index in [-0.39, 0.29) is 93.3 Å². The van der Waals surface area contributed by atoms with E-state index < -0.39 is 29.4 Å². The number of halogens is 6. The van der Waals surface area contributed by atoms with Gasteiger partial charge in [0.05, 0.1) is 13.2 Å². The first-order valence-electron chi connectivity index (χ1n) is 26.3. The number of carbonyl (C=O) groups excluding carboxylic acids is 2. The Balaban J connectivity index is 0.00000116. The minimum Gasteiger partial charge on any atom is -1.00 e. The molecule has 0 bridgehead atoms. The summed E-state index contributed by atoms with van der Waals surface area (Å²) in [5, 5.41) is 25.8. The van der Waals surface area contributed by atoms with Crippen molar-refractivity contribution in [1.29, 1.82) is 0 Å². The largest absolute Gasteiger partial charge is 1.00 e. The molecule has 3 aliphatic heterocycles. The van der Waals surface area contributed by atoms with E-state index in [9.17, 15) is 35.9 Å². The van der Waals surface area contributed by atoms with Crippen LogP contribution in [0, 0.1) is 52.7 Å². The van der Waals surface area contributed by atoms with Gasteiger partial charge in [0.2, 0.25) is 0 Å². The van der Waals surface area contributed by atoms with Gasteiger partial charge in [-0.3, -0.25) is 9.59 Å². The fourth-order valence-electron chi connectivity index (χ4n) is 7.62. The number of phenols is 1. The molecule has 6 aromatic rings. The normalized spacial score (nSPS) is 13.2. The topological polar surface area (TPSA) is 141 Å². The van der Waals surface area contributed by atoms with Crippen molar-refractivity contribution in [3.05, 3.63) is 162 Å². The van der Waals surface area contributed by atoms with Gasteiger partial charge in [-0.1, -0.05) is 64.6 Å². The summed E-state index contributed by atoms with van der Waals surface area (Å²) in [6.07, 6.45) is 8.96. The Morgan fingerprint density at radius 1 is 0.519 bits per heavy atom. The molecule has 0 spiro atoms. The second-order valence-corrected chi connectivity index (χ2v) is 19.0. The molecule has 0 amide bonds. The molecule has 0 saturated carbocycles. The summed E-state index contributed by atoms with van der Waals surface area (Å²) in [5.74, 6) is -1.64. The molecule has 18 heteroatoms. The van der Waals surface area contributed by atoms with Crippen molar-refractivity contribution in [2.75, 3.05) is 52.9 Å². The number of aromatic hydroxyl groups is 1. The zero-order valence-corrected chi connectivity index (χ0v) is 45.6. The van der Waals surface area contributed by atoms with Gasteiger partial charge in [-0.15, -0.1) is 0 Å². The van der Waals surface area contributed by atoms with Gasteiger partial charge in [0, 0.05) is 87.4 Å². The third-order valence-corrected chi connectivity index (χ3v) is 12.2. The average molecular weight is 1150 g/mol. The number of carbonyl (C=O) groups is 2. The molecule has 0 unspecified atom stereocenters. The first-order chi connectivity index (χ1) is 37.5. The van der Waals surface area contributed by atoms with Crippen LogP contribution in [-0.2, 0) is 23.8 Å². The summed E-state index contributed by atoms with van der Waals surface area (Å²) in [5.41, 5.74) is 2.88. The van der Waals surface area contributed by atoms with Crippen LogP contribution in [0.4, 0.5) is 26.3 Å². The van der Waals surface area contributed by atoms with E-state index in [1.165, 1.54) is 123 Å². The van der Waals surface area contributed by atoms with Gasteiger partial charge in [-0.2, -0.15) is 0 Å². The van der Waals surface area contributed by atoms with E-state index in [0.717, 1.165) is 58.2 Å². The molecule has 0 atom stereocenters. The molecule has 6 aromatic carbocycles. The Morgan fingerprint density at radius 2 is 0.840 bits per heavy atom. The molecule has 3 heterocycles. The second-order valence-electron chi connectivity index (χ2n) is 19.0. The fraction of sp³-hybridized carbons (Fsp3) is 0.397. The van der Waals surface area contributed by atoms with Gasteiger partial charge in [-0.05, 0) is 159 Å². The van der Waals surface area contributed by atoms with E-state index in [1.54, 1.807) is 24.3 Å². The Labute approximate surface area is 498 Å². The molecule has 0 radical (unpaired) electrons. The van der Waals surface area contributed by atoms with Crippen molar-refractivity contribution in [2.24, 2.45) is 17.8 Å². The summed E-state index contributed by atoms with van der Waals surface area (Å²) < 4.78 is 107. The maximum Gasteiger partial charge on any atom is 1.00 e. The van der Waals surface area contributed by atoms with Gasteiger partial charge in [-0.25, -0.2) is 26.3 Å². The van der Waals surface area contributed by atoms with Crippen molar-refractivity contribution in [1.82, 2.24) is 0 Å². The summed E-state index contributed by atoms with van der Waals surface area (Å²) >= 11 is 0. The Bertz CT molecular complexity index is 2540. The van der Waals surface area contributed by atoms with E-state index >= 15 is 0 Å². The molecule has 81 heavy (non-hydrogen) atoms. The quantitative estimate of drug-likeness (QED) is 0.0394. The number of hydrogen-bond donors (Lipinski definition) is 3. The van der Waals surface area contributed by atoms with Crippen LogP contribution in [0.1, 0.15) is 93.8 Å². The zero-order chi connectivity index (χ0) is 56.7. The van der Waals surface area contributed by atoms with Gasteiger partial charge in [0.25, 0.3) is 0 Å². The smallest absolute Gasteiger partial charge is 1.00 e. The van der Waals surface area contributed by atoms with Crippen molar-refractivity contribution >= 4 is 29.3 Å². The first kappa shape index (κ1) is 73.4. The number of cyclic esters (lactones) is 2. The van der Waals surface area contributed by atoms with Crippen LogP contribution in [0.15, 0.2) is 127 Å². The van der Waals surface area contributed by atoms with Crippen LogP contribution >= 0.6 is 0 Å². The van der Waals surface area contributed by atoms with Crippen molar-refractivity contribution in [3.8, 4) is 50.6 Å². The minimum absolute atomic E-state index is 0. The van der Waals surface area contributed by atoms with Crippen molar-refractivity contribution < 1.29 is 95.2 Å². The molecular formula is C63H80AlF6LiO10. The van der Waals surface area contributed by atoms with Gasteiger partial charge < -0.3 is 40.4 Å². The van der Waals surface area contributed by atoms with E-state index in [4.69, 9.17) is 34.3 Å². The zero-order valence-electron chi connectivity index (χ0n) is 46.6. The molecule has 0 aromatic heterocycles. The van der Waals surface area contributed by atoms with Gasteiger partial charge in [0.15, 0.2) is 17.4 Å². The van der Waals surface area contributed by atoms with E-state index in [1.807, 2.05) is 13.8 Å². The second kappa shape index (κ2) is 41.4. The number of rotatable bonds is 15. The third-order valence-electron chi connectivity index (χ3n) is 12.2. The molecule has 3 fully saturated rings. The number of benzene rings is 6. The Hall–Kier alpha value is -5.59. The first-order valence-corrected chi connectivity index (χ1v) is 26.3. The predicted molar refractivity (Wildman–Crippen MR) is 306 cm³/mol. The van der Waals surface area contributed by atoms with Crippen molar-refractivity contribution in [3.63, 3.8) is 0 Å². The summed E-state index contributed by atoms with van der Waals surface area (Å²) in [7, 11) is 0. The van der Waals surface area contributed by atoms with Crippen LogP contribution < -0.4 is 28.3 Å². The van der Waals surface area contributed by atoms with Crippen LogP contribution in [0.25, 0.3) is 33.4 Å². The predicted octanol–water partition coefficient (Wildman–Crippen LogP) is 10.8. The number of esters is 2. The molecule has 10 nitrogen and oxygen atoms in total. The maximum atomic E-state index is 14.5. The number of ether oxygens (including phenoxy) is 5. The SMILES string of the molecule is C.C1CCOC1.C1CCOC1.CC(CCO)CCO.CC(CCOc1ccc(-c2ccc(F)cc2)c(F)c1)CCOc1ccc(-c2ccc(F)cc2)c(F)c1.CC1CC(=O)OC(=O)C1.Oc1ccc(-c2ccc(F)cc2)c(F)c1.[AlH3].[H-].[Li+]. The Kier molecular flexibility index (Phi) is 37.5. The number of hydrogen-bond acceptors (Lipinski definition) is 10. The van der Waals surface area contributed by atoms with Crippen molar-refractivity contribution in [2.45, 2.75) is 92.4 Å². The molecule has 0 aliphatic carbocycles. The van der Waals surface area contributed by atoms with E-state index in [0.29, 0.717) is 76.9 Å². The summed E-state index contributed by atoms with van der Waals surface area (Å²) in [6.45, 7) is 11.2. The molecule has 3 aliphatic rings. The summed E-state index contributed by atoms with van der Waals surface area (Å²) in [6, 6.07) is 30.0. The van der Waals surface area contributed by atoms with Gasteiger partial charge in [0.1, 0.15) is 52.2 Å². The molecule has 438 valence electrons. The standard InChI is InChI=1S/C30H26F4O2.C12H8F2O.C6H8O3.C6H14O2.2C4H8O.CH4.Al.Li.4H/c1-20(14-16-35-25-10-12-27(29(33)18-25)21-2-6-23(31)7-3-21)15-17-36-26-11-13-28(30(34)19-26)22-4-8-24(32)9-5-22;13-9-3-1-8(2-4-9)11-6-5-10(15)7-12(11)14;1-4-2-5(7)9-6(8)3-4;1-6(2-4-7)3-5-8;2*1-2-4-5-3-1;;;;;;;/h2-13,18-20H,14-17H2,1H3;1-7,15H;4H,2-3H2,1H3;6-8H,2-5H2,1H3;2*1-4H2;1H4;;;;;;/q;;;;;;;;+1;;;;-1. The van der Waals surface area contributed by atoms with Crippen LogP contribution in [-0.4, -0.2) is 97.5 Å². The number of aliphatic hydroxyl groups is 2. The fourth-order valence-corrected chi connectivity index (χ4v) is 7.62. The van der Waals surface area contributed by atoms with Crippen LogP contribution in [0.2, 0.25) is 0 Å². The number of phenolic OH excluding ortho intramolecular Hbond substituents is 1. The molecule has 9 rings (SSSR count). The van der Waals surface area contributed by atoms with Crippen LogP contribution in [0.5, 0.6) is 17.2 Å². The average Bonchev–Trinajstić information content (AvgIpc) is 4.22. The minimum atomic E-state index is -0.526. The maximum absolute atomic E-state index is 14.5. The summed E-state index contributed by atoms with van der Waals surface area (Å²) in [4.78, 5) is 20.9. The number of aliphatic hydroxyl groups excluding tert-OH is 2. The molecule has 3 N–H and O–H groups in total. The third kappa shape index (κ3) is 29.3. The van der Waals surface area contributed by atoms with Crippen LogP contribution in [0.3, 0.4) is 0 Å². The molecule has 3 saturated heterocycles. The Morgan fingerprint density at radius 3 is 1.12 bits per heavy atom. The molecular weight excluding hydrogens is 1060 g/mol. The van der Waals surface area contributed by atoms with E-state index in [2.05, 4.69) is 11.7 Å². The monoisotopic (exact) mass is 1140 g/mol. The van der Waals surface area contributed by atoms with Gasteiger partial charge >= 0.3 is 30.8 Å².